The van der Waals surface area contributed by atoms with Crippen molar-refractivity contribution in [1.82, 2.24) is 5.32 Å². The van der Waals surface area contributed by atoms with Gasteiger partial charge in [-0.1, -0.05) is 19.1 Å². The van der Waals surface area contributed by atoms with Crippen molar-refractivity contribution in [1.29, 1.82) is 0 Å². The van der Waals surface area contributed by atoms with Gasteiger partial charge in [0.25, 0.3) is 5.91 Å². The Hall–Kier alpha value is -0.460. The summed E-state index contributed by atoms with van der Waals surface area (Å²) in [5.74, 6) is -0.142. The molecule has 1 aromatic heterocycles. The molecule has 0 saturated carbocycles. The molecular formula is C9H11BrN2OS2. The number of carbonyl (C=O) groups is 1. The SMILES string of the molecule is CCC(NC(=O)c1csc(Br)c1)C(N)=S. The maximum atomic E-state index is 11.7. The zero-order valence-corrected chi connectivity index (χ0v) is 11.3. The zero-order chi connectivity index (χ0) is 11.4. The van der Waals surface area contributed by atoms with Gasteiger partial charge in [0.2, 0.25) is 0 Å². The summed E-state index contributed by atoms with van der Waals surface area (Å²) in [5, 5.41) is 4.56. The minimum atomic E-state index is -0.230. The summed E-state index contributed by atoms with van der Waals surface area (Å²) in [6, 6.07) is 1.54. The molecule has 1 atom stereocenters. The maximum Gasteiger partial charge on any atom is 0.252 e. The summed E-state index contributed by atoms with van der Waals surface area (Å²) in [4.78, 5) is 12.0. The molecule has 15 heavy (non-hydrogen) atoms. The largest absolute Gasteiger partial charge is 0.392 e. The lowest BCUT2D eigenvalue weighted by atomic mass is 10.2. The van der Waals surface area contributed by atoms with Gasteiger partial charge in [0, 0.05) is 5.38 Å². The molecule has 0 radical (unpaired) electrons. The zero-order valence-electron chi connectivity index (χ0n) is 8.12. The first kappa shape index (κ1) is 12.6. The Bertz CT molecular complexity index is 378. The Labute approximate surface area is 106 Å². The van der Waals surface area contributed by atoms with Crippen LogP contribution in [0.25, 0.3) is 0 Å². The summed E-state index contributed by atoms with van der Waals surface area (Å²) in [6.45, 7) is 1.92. The number of rotatable bonds is 4. The van der Waals surface area contributed by atoms with Gasteiger partial charge >= 0.3 is 0 Å². The summed E-state index contributed by atoms with van der Waals surface area (Å²) < 4.78 is 0.927. The van der Waals surface area contributed by atoms with Crippen molar-refractivity contribution >= 4 is 50.4 Å². The molecule has 0 saturated heterocycles. The average Bonchev–Trinajstić information content (AvgIpc) is 2.60. The van der Waals surface area contributed by atoms with Crippen LogP contribution in [0, 0.1) is 0 Å². The third kappa shape index (κ3) is 3.55. The number of nitrogens with two attached hydrogens (primary N) is 1. The number of halogens is 1. The van der Waals surface area contributed by atoms with Gasteiger partial charge in [-0.05, 0) is 28.4 Å². The highest BCUT2D eigenvalue weighted by molar-refractivity contribution is 9.11. The molecule has 82 valence electrons. The van der Waals surface area contributed by atoms with E-state index in [-0.39, 0.29) is 11.9 Å². The molecule has 1 aromatic rings. The third-order valence-electron chi connectivity index (χ3n) is 1.89. The molecule has 3 nitrogen and oxygen atoms in total. The molecule has 0 aromatic carbocycles. The van der Waals surface area contributed by atoms with Crippen molar-refractivity contribution < 1.29 is 4.79 Å². The summed E-state index contributed by atoms with van der Waals surface area (Å²) in [5.41, 5.74) is 6.12. The number of thiophene rings is 1. The quantitative estimate of drug-likeness (QED) is 0.839. The van der Waals surface area contributed by atoms with Crippen LogP contribution < -0.4 is 11.1 Å². The van der Waals surface area contributed by atoms with Crippen molar-refractivity contribution in [2.45, 2.75) is 19.4 Å². The smallest absolute Gasteiger partial charge is 0.252 e. The second kappa shape index (κ2) is 5.58. The highest BCUT2D eigenvalue weighted by atomic mass is 79.9. The second-order valence-electron chi connectivity index (χ2n) is 2.98. The second-order valence-corrected chi connectivity index (χ2v) is 5.74. The van der Waals surface area contributed by atoms with E-state index in [9.17, 15) is 4.79 Å². The van der Waals surface area contributed by atoms with Crippen LogP contribution in [0.15, 0.2) is 15.2 Å². The van der Waals surface area contributed by atoms with Crippen molar-refractivity contribution in [3.05, 3.63) is 20.8 Å². The van der Waals surface area contributed by atoms with E-state index in [1.807, 2.05) is 6.92 Å². The number of amides is 1. The van der Waals surface area contributed by atoms with Crippen molar-refractivity contribution in [3.8, 4) is 0 Å². The van der Waals surface area contributed by atoms with Crippen LogP contribution >= 0.6 is 39.5 Å². The molecule has 0 spiro atoms. The molecule has 3 N–H and O–H groups in total. The Kier molecular flexibility index (Phi) is 4.69. The fourth-order valence-electron chi connectivity index (χ4n) is 1.05. The standard InChI is InChI=1S/C9H11BrN2OS2/c1-2-6(8(11)14)12-9(13)5-3-7(10)15-4-5/h3-4,6H,2H2,1H3,(H2,11,14)(H,12,13). The molecule has 6 heteroatoms. The highest BCUT2D eigenvalue weighted by Gasteiger charge is 2.14. The number of nitrogens with one attached hydrogen (secondary N) is 1. The van der Waals surface area contributed by atoms with Gasteiger partial charge in [0.1, 0.15) is 0 Å². The summed E-state index contributed by atoms with van der Waals surface area (Å²) in [7, 11) is 0. The Balaban J connectivity index is 2.66. The van der Waals surface area contributed by atoms with Crippen LogP contribution in [0.1, 0.15) is 23.7 Å². The van der Waals surface area contributed by atoms with E-state index in [1.165, 1.54) is 11.3 Å². The average molecular weight is 307 g/mol. The lowest BCUT2D eigenvalue weighted by Crippen LogP contribution is -2.42. The lowest BCUT2D eigenvalue weighted by Gasteiger charge is -2.14. The topological polar surface area (TPSA) is 55.1 Å². The Morgan fingerprint density at radius 1 is 1.80 bits per heavy atom. The molecule has 0 bridgehead atoms. The molecule has 1 amide bonds. The monoisotopic (exact) mass is 306 g/mol. The van der Waals surface area contributed by atoms with Crippen LogP contribution in [-0.4, -0.2) is 16.9 Å². The van der Waals surface area contributed by atoms with Gasteiger partial charge < -0.3 is 11.1 Å². The van der Waals surface area contributed by atoms with Gasteiger partial charge in [0.05, 0.1) is 20.4 Å². The van der Waals surface area contributed by atoms with E-state index >= 15 is 0 Å². The summed E-state index contributed by atoms with van der Waals surface area (Å²) >= 11 is 9.61. The van der Waals surface area contributed by atoms with E-state index in [1.54, 1.807) is 11.4 Å². The lowest BCUT2D eigenvalue weighted by molar-refractivity contribution is 0.0947. The van der Waals surface area contributed by atoms with E-state index in [4.69, 9.17) is 18.0 Å². The van der Waals surface area contributed by atoms with E-state index in [0.717, 1.165) is 3.79 Å². The maximum absolute atomic E-state index is 11.7. The normalized spacial score (nSPS) is 12.1. The highest BCUT2D eigenvalue weighted by Crippen LogP contribution is 2.20. The van der Waals surface area contributed by atoms with E-state index < -0.39 is 0 Å². The minimum absolute atomic E-state index is 0.142. The van der Waals surface area contributed by atoms with Crippen LogP contribution in [-0.2, 0) is 0 Å². The Morgan fingerprint density at radius 2 is 2.47 bits per heavy atom. The molecule has 0 aliphatic rings. The first-order valence-electron chi connectivity index (χ1n) is 4.38. The predicted octanol–water partition coefficient (Wildman–Crippen LogP) is 2.31. The van der Waals surface area contributed by atoms with E-state index in [0.29, 0.717) is 17.0 Å². The van der Waals surface area contributed by atoms with Gasteiger partial charge in [-0.3, -0.25) is 4.79 Å². The van der Waals surface area contributed by atoms with Gasteiger partial charge in [-0.15, -0.1) is 11.3 Å². The number of thiocarbonyl (C=S) groups is 1. The van der Waals surface area contributed by atoms with Gasteiger partial charge in [0.15, 0.2) is 0 Å². The fourth-order valence-corrected chi connectivity index (χ4v) is 2.41. The van der Waals surface area contributed by atoms with Crippen LogP contribution in [0.4, 0.5) is 0 Å². The van der Waals surface area contributed by atoms with E-state index in [2.05, 4.69) is 21.2 Å². The number of hydrogen-bond donors (Lipinski definition) is 2. The van der Waals surface area contributed by atoms with Crippen LogP contribution in [0.3, 0.4) is 0 Å². The first-order chi connectivity index (χ1) is 7.04. The van der Waals surface area contributed by atoms with Crippen molar-refractivity contribution in [2.75, 3.05) is 0 Å². The molecule has 1 heterocycles. The molecule has 0 aliphatic carbocycles. The molecule has 0 fully saturated rings. The van der Waals surface area contributed by atoms with Crippen LogP contribution in [0.5, 0.6) is 0 Å². The van der Waals surface area contributed by atoms with Gasteiger partial charge in [-0.2, -0.15) is 0 Å². The van der Waals surface area contributed by atoms with Gasteiger partial charge in [-0.25, -0.2) is 0 Å². The van der Waals surface area contributed by atoms with Crippen molar-refractivity contribution in [2.24, 2.45) is 5.73 Å². The number of hydrogen-bond acceptors (Lipinski definition) is 3. The van der Waals surface area contributed by atoms with Crippen LogP contribution in [0.2, 0.25) is 0 Å². The summed E-state index contributed by atoms with van der Waals surface area (Å²) in [6.07, 6.45) is 0.701. The number of carbonyl (C=O) groups excluding carboxylic acids is 1. The molecule has 1 rings (SSSR count). The van der Waals surface area contributed by atoms with Crippen molar-refractivity contribution in [3.63, 3.8) is 0 Å². The minimum Gasteiger partial charge on any atom is -0.392 e. The molecule has 1 unspecified atom stereocenters. The first-order valence-corrected chi connectivity index (χ1v) is 6.47. The third-order valence-corrected chi connectivity index (χ3v) is 3.68. The molecule has 0 aliphatic heterocycles. The molecular weight excluding hydrogens is 296 g/mol. The predicted molar refractivity (Wildman–Crippen MR) is 70.3 cm³/mol. The Morgan fingerprint density at radius 3 is 2.87 bits per heavy atom. The fraction of sp³-hybridized carbons (Fsp3) is 0.333.